The summed E-state index contributed by atoms with van der Waals surface area (Å²) < 4.78 is 54.1. The molecule has 1 saturated carbocycles. The first-order chi connectivity index (χ1) is 14.3. The van der Waals surface area contributed by atoms with Crippen LogP contribution in [0.1, 0.15) is 35.9 Å². The van der Waals surface area contributed by atoms with Gasteiger partial charge in [-0.3, -0.25) is 0 Å². The summed E-state index contributed by atoms with van der Waals surface area (Å²) in [6, 6.07) is 1.35. The van der Waals surface area contributed by atoms with E-state index in [0.717, 1.165) is 13.0 Å². The van der Waals surface area contributed by atoms with Crippen LogP contribution in [0.4, 0.5) is 23.5 Å². The first-order valence-electron chi connectivity index (χ1n) is 9.74. The Morgan fingerprint density at radius 2 is 2.10 bits per heavy atom. The highest BCUT2D eigenvalue weighted by Crippen LogP contribution is 2.48. The molecule has 1 aliphatic carbocycles. The normalized spacial score (nSPS) is 27.2. The second-order valence-corrected chi connectivity index (χ2v) is 8.25. The number of nitrogens with two attached hydrogens (primary N) is 1. The highest BCUT2D eigenvalue weighted by molar-refractivity contribution is 5.85. The number of aryl methyl sites for hydroxylation is 1. The van der Waals surface area contributed by atoms with Crippen molar-refractivity contribution in [2.75, 3.05) is 18.0 Å². The lowest BCUT2D eigenvalue weighted by Gasteiger charge is -2.25. The molecule has 2 aliphatic rings. The topological polar surface area (TPSA) is 92.3 Å². The molecule has 2 heterocycles. The van der Waals surface area contributed by atoms with Crippen LogP contribution in [-0.2, 0) is 0 Å². The van der Waals surface area contributed by atoms with Gasteiger partial charge in [0.05, 0.1) is 11.4 Å². The van der Waals surface area contributed by atoms with Crippen LogP contribution in [0.3, 0.4) is 0 Å². The smallest absolute Gasteiger partial charge is 0.416 e. The van der Waals surface area contributed by atoms with Crippen LogP contribution in [0, 0.1) is 18.8 Å². The summed E-state index contributed by atoms with van der Waals surface area (Å²) >= 11 is 0. The number of allylic oxidation sites excluding steroid dienone is 5. The summed E-state index contributed by atoms with van der Waals surface area (Å²) in [4.78, 5) is 21.4. The number of alkyl halides is 3. The lowest BCUT2D eigenvalue weighted by atomic mass is 9.89. The zero-order chi connectivity index (χ0) is 23.1. The standard InChI is InChI=1S/C21H24F4N4O2/c1-4-16(21(23,24)25)15(5-11(2)22)13-7-14-9-29(10-20(14,26)8-13)19-27-12(3)6-17(28-19)18(30)31/h4-6,13-14H,1,7-10,26H2,2-3H3,(H,30,31). The van der Waals surface area contributed by atoms with Gasteiger partial charge in [-0.25, -0.2) is 19.2 Å². The molecule has 1 saturated heterocycles. The zero-order valence-electron chi connectivity index (χ0n) is 17.2. The monoisotopic (exact) mass is 440 g/mol. The van der Waals surface area contributed by atoms with Gasteiger partial charge in [0.2, 0.25) is 5.95 Å². The summed E-state index contributed by atoms with van der Waals surface area (Å²) in [5.41, 5.74) is 4.99. The zero-order valence-corrected chi connectivity index (χ0v) is 17.2. The molecule has 3 N–H and O–H groups in total. The van der Waals surface area contributed by atoms with Gasteiger partial charge in [-0.05, 0) is 56.2 Å². The molecule has 0 bridgehead atoms. The number of carboxylic acid groups (broad SMARTS) is 1. The van der Waals surface area contributed by atoms with Crippen molar-refractivity contribution in [2.24, 2.45) is 17.6 Å². The van der Waals surface area contributed by atoms with Crippen LogP contribution in [-0.4, -0.2) is 45.8 Å². The molecule has 0 spiro atoms. The van der Waals surface area contributed by atoms with E-state index in [2.05, 4.69) is 16.5 Å². The summed E-state index contributed by atoms with van der Waals surface area (Å²) in [5.74, 6) is -2.44. The number of hydrogen-bond acceptors (Lipinski definition) is 5. The van der Waals surface area contributed by atoms with Crippen LogP contribution >= 0.6 is 0 Å². The van der Waals surface area contributed by atoms with Gasteiger partial charge >= 0.3 is 12.1 Å². The molecular weight excluding hydrogens is 416 g/mol. The molecular formula is C21H24F4N4O2. The molecule has 1 aliphatic heterocycles. The molecule has 1 aromatic rings. The Balaban J connectivity index is 1.89. The largest absolute Gasteiger partial charge is 0.477 e. The van der Waals surface area contributed by atoms with Crippen molar-refractivity contribution in [3.05, 3.63) is 53.2 Å². The van der Waals surface area contributed by atoms with E-state index in [1.54, 1.807) is 11.8 Å². The van der Waals surface area contributed by atoms with E-state index in [1.807, 2.05) is 0 Å². The van der Waals surface area contributed by atoms with E-state index in [-0.39, 0.29) is 36.1 Å². The van der Waals surface area contributed by atoms with E-state index in [1.165, 1.54) is 6.07 Å². The lowest BCUT2D eigenvalue weighted by molar-refractivity contribution is -0.0892. The van der Waals surface area contributed by atoms with E-state index in [9.17, 15) is 27.5 Å². The molecule has 0 aromatic carbocycles. The average molecular weight is 440 g/mol. The van der Waals surface area contributed by atoms with Gasteiger partial charge in [0.15, 0.2) is 5.69 Å². The van der Waals surface area contributed by atoms with Crippen LogP contribution in [0.2, 0.25) is 0 Å². The number of carbonyl (C=O) groups is 1. The Morgan fingerprint density at radius 1 is 1.42 bits per heavy atom. The Morgan fingerprint density at radius 3 is 2.61 bits per heavy atom. The van der Waals surface area contributed by atoms with Crippen molar-refractivity contribution in [3.63, 3.8) is 0 Å². The van der Waals surface area contributed by atoms with Crippen molar-refractivity contribution >= 4 is 11.9 Å². The molecule has 1 aromatic heterocycles. The molecule has 10 heteroatoms. The minimum atomic E-state index is -4.66. The predicted molar refractivity (Wildman–Crippen MR) is 107 cm³/mol. The van der Waals surface area contributed by atoms with Crippen LogP contribution < -0.4 is 10.6 Å². The second-order valence-electron chi connectivity index (χ2n) is 8.25. The summed E-state index contributed by atoms with van der Waals surface area (Å²) in [7, 11) is 0. The Bertz CT molecular complexity index is 969. The van der Waals surface area contributed by atoms with Crippen molar-refractivity contribution in [3.8, 4) is 0 Å². The van der Waals surface area contributed by atoms with Gasteiger partial charge in [0.25, 0.3) is 0 Å². The predicted octanol–water partition coefficient (Wildman–Crippen LogP) is 3.95. The van der Waals surface area contributed by atoms with Gasteiger partial charge in [0.1, 0.15) is 0 Å². The quantitative estimate of drug-likeness (QED) is 0.532. The Hall–Kier alpha value is -2.75. The van der Waals surface area contributed by atoms with Crippen molar-refractivity contribution in [2.45, 2.75) is 38.4 Å². The fraction of sp³-hybridized carbons (Fsp3) is 0.476. The maximum Gasteiger partial charge on any atom is 0.416 e. The first kappa shape index (κ1) is 22.9. The SMILES string of the molecule is C=CC(=C(C=C(C)F)C1CC2CN(c3nc(C)cc(C(=O)O)n3)CC2(N)C1)C(F)(F)F. The number of hydrogen-bond donors (Lipinski definition) is 2. The number of aromatic carboxylic acids is 1. The minimum absolute atomic E-state index is 0.141. The van der Waals surface area contributed by atoms with Gasteiger partial charge in [-0.1, -0.05) is 12.7 Å². The number of halogens is 4. The Labute approximate surface area is 177 Å². The number of nitrogens with zero attached hydrogens (tertiary/aromatic N) is 3. The van der Waals surface area contributed by atoms with E-state index < -0.39 is 35.0 Å². The van der Waals surface area contributed by atoms with Crippen LogP contribution in [0.15, 0.2) is 41.8 Å². The summed E-state index contributed by atoms with van der Waals surface area (Å²) in [6.45, 7) is 6.65. The third kappa shape index (κ3) is 4.63. The van der Waals surface area contributed by atoms with Gasteiger partial charge in [-0.2, -0.15) is 13.2 Å². The molecule has 2 fully saturated rings. The molecule has 3 rings (SSSR count). The number of fused-ring (bicyclic) bond motifs is 1. The van der Waals surface area contributed by atoms with Gasteiger partial charge in [-0.15, -0.1) is 0 Å². The Kier molecular flexibility index (Phi) is 5.96. The van der Waals surface area contributed by atoms with Crippen LogP contribution in [0.25, 0.3) is 0 Å². The minimum Gasteiger partial charge on any atom is -0.477 e. The lowest BCUT2D eigenvalue weighted by Crippen LogP contribution is -2.44. The van der Waals surface area contributed by atoms with E-state index >= 15 is 0 Å². The summed E-state index contributed by atoms with van der Waals surface area (Å²) in [6.07, 6.45) is -2.47. The van der Waals surface area contributed by atoms with Crippen molar-refractivity contribution < 1.29 is 27.5 Å². The van der Waals surface area contributed by atoms with Crippen LogP contribution in [0.5, 0.6) is 0 Å². The molecule has 3 unspecified atom stereocenters. The fourth-order valence-corrected chi connectivity index (χ4v) is 4.64. The molecule has 3 atom stereocenters. The molecule has 168 valence electrons. The van der Waals surface area contributed by atoms with Gasteiger partial charge < -0.3 is 15.7 Å². The van der Waals surface area contributed by atoms with E-state index in [4.69, 9.17) is 5.73 Å². The second kappa shape index (κ2) is 8.07. The highest BCUT2D eigenvalue weighted by Gasteiger charge is 2.52. The molecule has 0 radical (unpaired) electrons. The van der Waals surface area contributed by atoms with Crippen molar-refractivity contribution in [1.82, 2.24) is 9.97 Å². The first-order valence-corrected chi connectivity index (χ1v) is 9.74. The number of aromatic nitrogens is 2. The molecule has 6 nitrogen and oxygen atoms in total. The van der Waals surface area contributed by atoms with E-state index in [0.29, 0.717) is 24.7 Å². The fourth-order valence-electron chi connectivity index (χ4n) is 4.64. The number of carboxylic acids is 1. The summed E-state index contributed by atoms with van der Waals surface area (Å²) in [5, 5.41) is 9.22. The third-order valence-corrected chi connectivity index (χ3v) is 5.89. The highest BCUT2D eigenvalue weighted by atomic mass is 19.4. The number of anilines is 1. The maximum atomic E-state index is 13.6. The average Bonchev–Trinajstić information content (AvgIpc) is 3.11. The van der Waals surface area contributed by atoms with Gasteiger partial charge in [0, 0.05) is 24.3 Å². The molecule has 31 heavy (non-hydrogen) atoms. The third-order valence-electron chi connectivity index (χ3n) is 5.89. The van der Waals surface area contributed by atoms with Crippen molar-refractivity contribution in [1.29, 1.82) is 0 Å². The molecule has 0 amide bonds. The maximum absolute atomic E-state index is 13.6. The number of rotatable bonds is 5.